The van der Waals surface area contributed by atoms with Crippen molar-refractivity contribution in [1.82, 2.24) is 15.3 Å². The molecule has 2 heterocycles. The van der Waals surface area contributed by atoms with Gasteiger partial charge in [0.15, 0.2) is 0 Å². The van der Waals surface area contributed by atoms with Crippen LogP contribution in [-0.4, -0.2) is 40.4 Å². The Morgan fingerprint density at radius 2 is 1.96 bits per heavy atom. The monoisotopic (exact) mass is 355 g/mol. The van der Waals surface area contributed by atoms with Gasteiger partial charge in [-0.2, -0.15) is 0 Å². The summed E-state index contributed by atoms with van der Waals surface area (Å²) in [6, 6.07) is 6.09. The van der Waals surface area contributed by atoms with Crippen LogP contribution in [0.5, 0.6) is 0 Å². The summed E-state index contributed by atoms with van der Waals surface area (Å²) in [5.41, 5.74) is 0.801. The minimum Gasteiger partial charge on any atom is -0.356 e. The molecule has 2 aromatic rings. The summed E-state index contributed by atoms with van der Waals surface area (Å²) in [4.78, 5) is 32.9. The van der Waals surface area contributed by atoms with E-state index in [1.807, 2.05) is 0 Å². The molecule has 1 aliphatic rings. The molecule has 0 spiro atoms. The molecule has 3 rings (SSSR count). The summed E-state index contributed by atoms with van der Waals surface area (Å²) in [5, 5.41) is 13.6. The van der Waals surface area contributed by atoms with Crippen LogP contribution in [0.25, 0.3) is 0 Å². The number of hydrogen-bond acceptors (Lipinski definition) is 6. The highest BCUT2D eigenvalue weighted by Crippen LogP contribution is 2.20. The van der Waals surface area contributed by atoms with Crippen molar-refractivity contribution in [1.29, 1.82) is 0 Å². The van der Waals surface area contributed by atoms with Crippen molar-refractivity contribution in [2.75, 3.05) is 24.5 Å². The molecule has 0 aliphatic carbocycles. The van der Waals surface area contributed by atoms with Gasteiger partial charge in [-0.25, -0.2) is 4.98 Å². The molecule has 1 aromatic carbocycles. The van der Waals surface area contributed by atoms with Crippen molar-refractivity contribution in [2.24, 2.45) is 5.92 Å². The number of nitrogens with one attached hydrogen (secondary N) is 1. The lowest BCUT2D eigenvalue weighted by Gasteiger charge is -2.32. The number of nitrogens with zero attached hydrogens (tertiary/aromatic N) is 4. The van der Waals surface area contributed by atoms with E-state index in [4.69, 9.17) is 0 Å². The molecule has 0 bridgehead atoms. The zero-order valence-corrected chi connectivity index (χ0v) is 14.4. The maximum absolute atomic E-state index is 12.1. The van der Waals surface area contributed by atoms with Gasteiger partial charge in [0.25, 0.3) is 5.69 Å². The van der Waals surface area contributed by atoms with Crippen molar-refractivity contribution in [3.63, 3.8) is 0 Å². The molecule has 1 amide bonds. The third-order valence-corrected chi connectivity index (χ3v) is 4.59. The molecule has 1 fully saturated rings. The van der Waals surface area contributed by atoms with E-state index in [1.54, 1.807) is 30.7 Å². The molecule has 1 aliphatic heterocycles. The molecule has 26 heavy (non-hydrogen) atoms. The van der Waals surface area contributed by atoms with E-state index in [2.05, 4.69) is 20.2 Å². The van der Waals surface area contributed by atoms with Gasteiger partial charge in [0, 0.05) is 44.2 Å². The van der Waals surface area contributed by atoms with Gasteiger partial charge in [-0.3, -0.25) is 19.9 Å². The van der Waals surface area contributed by atoms with Crippen LogP contribution in [0.15, 0.2) is 42.9 Å². The zero-order valence-electron chi connectivity index (χ0n) is 14.4. The maximum Gasteiger partial charge on any atom is 0.269 e. The molecule has 0 unspecified atom stereocenters. The lowest BCUT2D eigenvalue weighted by atomic mass is 9.96. The van der Waals surface area contributed by atoms with Gasteiger partial charge in [0.05, 0.1) is 17.5 Å². The van der Waals surface area contributed by atoms with Crippen LogP contribution in [0.2, 0.25) is 0 Å². The first-order chi connectivity index (χ1) is 12.6. The fourth-order valence-corrected chi connectivity index (χ4v) is 3.06. The van der Waals surface area contributed by atoms with Crippen LogP contribution in [0.1, 0.15) is 18.4 Å². The average molecular weight is 355 g/mol. The number of non-ortho nitro benzene ring substituents is 1. The van der Waals surface area contributed by atoms with Gasteiger partial charge in [-0.05, 0) is 24.3 Å². The first-order valence-corrected chi connectivity index (χ1v) is 8.63. The maximum atomic E-state index is 12.1. The first kappa shape index (κ1) is 17.8. The Labute approximate surface area is 151 Å². The second-order valence-corrected chi connectivity index (χ2v) is 6.40. The third kappa shape index (κ3) is 4.75. The molecular weight excluding hydrogens is 334 g/mol. The van der Waals surface area contributed by atoms with Crippen LogP contribution < -0.4 is 10.2 Å². The zero-order chi connectivity index (χ0) is 18.4. The molecule has 1 N–H and O–H groups in total. The van der Waals surface area contributed by atoms with Gasteiger partial charge in [-0.15, -0.1) is 0 Å². The summed E-state index contributed by atoms with van der Waals surface area (Å²) in [6.07, 6.45) is 7.35. The minimum absolute atomic E-state index is 0.0315. The number of aromatic nitrogens is 2. The smallest absolute Gasteiger partial charge is 0.269 e. The number of carbonyl (C=O) groups excluding carboxylic acids is 1. The fraction of sp³-hybridized carbons (Fsp3) is 0.389. The van der Waals surface area contributed by atoms with Gasteiger partial charge in [0.2, 0.25) is 5.91 Å². The van der Waals surface area contributed by atoms with Crippen LogP contribution in [-0.2, 0) is 11.2 Å². The van der Waals surface area contributed by atoms with Crippen molar-refractivity contribution < 1.29 is 9.72 Å². The molecule has 1 aromatic heterocycles. The number of nitro groups is 1. The largest absolute Gasteiger partial charge is 0.356 e. The van der Waals surface area contributed by atoms with Crippen molar-refractivity contribution in [2.45, 2.75) is 19.3 Å². The minimum atomic E-state index is -0.447. The van der Waals surface area contributed by atoms with Gasteiger partial charge >= 0.3 is 0 Å². The topological polar surface area (TPSA) is 101 Å². The van der Waals surface area contributed by atoms with E-state index in [9.17, 15) is 14.9 Å². The van der Waals surface area contributed by atoms with Crippen LogP contribution >= 0.6 is 0 Å². The highest BCUT2D eigenvalue weighted by atomic mass is 16.6. The van der Waals surface area contributed by atoms with Crippen molar-refractivity contribution in [3.8, 4) is 0 Å². The molecule has 136 valence electrons. The predicted octanol–water partition coefficient (Wildman–Crippen LogP) is 1.96. The van der Waals surface area contributed by atoms with Gasteiger partial charge in [-0.1, -0.05) is 12.1 Å². The van der Waals surface area contributed by atoms with Gasteiger partial charge < -0.3 is 10.2 Å². The summed E-state index contributed by atoms with van der Waals surface area (Å²) in [7, 11) is 0. The number of piperidine rings is 1. The van der Waals surface area contributed by atoms with Crippen LogP contribution in [0.4, 0.5) is 11.5 Å². The number of hydrogen-bond donors (Lipinski definition) is 1. The molecule has 8 heteroatoms. The van der Waals surface area contributed by atoms with Crippen LogP contribution in [0, 0.1) is 16.0 Å². The fourth-order valence-electron chi connectivity index (χ4n) is 3.06. The quantitative estimate of drug-likeness (QED) is 0.628. The number of rotatable bonds is 6. The Bertz CT molecular complexity index is 743. The number of benzene rings is 1. The lowest BCUT2D eigenvalue weighted by Crippen LogP contribution is -2.39. The molecule has 8 nitrogen and oxygen atoms in total. The Hall–Kier alpha value is -3.03. The summed E-state index contributed by atoms with van der Waals surface area (Å²) >= 11 is 0. The first-order valence-electron chi connectivity index (χ1n) is 8.63. The number of nitro benzene ring substituents is 1. The Balaban J connectivity index is 1.40. The normalized spacial score (nSPS) is 14.8. The van der Waals surface area contributed by atoms with E-state index >= 15 is 0 Å². The molecule has 1 saturated heterocycles. The molecule has 0 saturated carbocycles. The average Bonchev–Trinajstić information content (AvgIpc) is 2.68. The second-order valence-electron chi connectivity index (χ2n) is 6.40. The van der Waals surface area contributed by atoms with Crippen molar-refractivity contribution in [3.05, 3.63) is 58.5 Å². The third-order valence-electron chi connectivity index (χ3n) is 4.59. The SMILES string of the molecule is O=C(Cc1ccc([N+](=O)[O-])cc1)NCC1CCN(c2cnccn2)CC1. The molecular formula is C18H21N5O3. The Morgan fingerprint density at radius 1 is 1.23 bits per heavy atom. The molecule has 0 atom stereocenters. The summed E-state index contributed by atoms with van der Waals surface area (Å²) in [5.74, 6) is 1.28. The predicted molar refractivity (Wildman–Crippen MR) is 96.8 cm³/mol. The van der Waals surface area contributed by atoms with Crippen LogP contribution in [0.3, 0.4) is 0 Å². The Morgan fingerprint density at radius 3 is 2.58 bits per heavy atom. The highest BCUT2D eigenvalue weighted by molar-refractivity contribution is 5.78. The number of carbonyl (C=O) groups is 1. The van der Waals surface area contributed by atoms with Gasteiger partial charge in [0.1, 0.15) is 5.82 Å². The summed E-state index contributed by atoms with van der Waals surface area (Å²) in [6.45, 7) is 2.46. The highest BCUT2D eigenvalue weighted by Gasteiger charge is 2.20. The Kier molecular flexibility index (Phi) is 5.73. The second kappa shape index (κ2) is 8.37. The van der Waals surface area contributed by atoms with E-state index in [0.717, 1.165) is 37.3 Å². The number of amides is 1. The number of anilines is 1. The van der Waals surface area contributed by atoms with E-state index < -0.39 is 4.92 Å². The van der Waals surface area contributed by atoms with E-state index in [1.165, 1.54) is 12.1 Å². The summed E-state index contributed by atoms with van der Waals surface area (Å²) < 4.78 is 0. The van der Waals surface area contributed by atoms with Crippen molar-refractivity contribution >= 4 is 17.4 Å². The molecule has 0 radical (unpaired) electrons. The van der Waals surface area contributed by atoms with E-state index in [-0.39, 0.29) is 18.0 Å². The standard InChI is InChI=1S/C18H21N5O3/c24-18(11-14-1-3-16(4-2-14)23(25)26)21-12-15-5-9-22(10-6-15)17-13-19-7-8-20-17/h1-4,7-8,13,15H,5-6,9-12H2,(H,21,24). The lowest BCUT2D eigenvalue weighted by molar-refractivity contribution is -0.384. The van der Waals surface area contributed by atoms with E-state index in [0.29, 0.717) is 12.5 Å².